The van der Waals surface area contributed by atoms with Gasteiger partial charge in [0.05, 0.1) is 0 Å². The summed E-state index contributed by atoms with van der Waals surface area (Å²) in [5, 5.41) is 0. The van der Waals surface area contributed by atoms with Crippen LogP contribution in [-0.2, 0) is 11.2 Å². The number of aryl methyl sites for hydroxylation is 1. The molecule has 1 aliphatic carbocycles. The number of hydrogen-bond acceptors (Lipinski definition) is 1. The molecule has 0 unspecified atom stereocenters. The molecule has 0 fully saturated rings. The lowest BCUT2D eigenvalue weighted by molar-refractivity contribution is -0.104. The predicted octanol–water partition coefficient (Wildman–Crippen LogP) is 2.61. The van der Waals surface area contributed by atoms with Crippen molar-refractivity contribution < 1.29 is 4.79 Å². The van der Waals surface area contributed by atoms with Crippen LogP contribution in [0.4, 0.5) is 0 Å². The summed E-state index contributed by atoms with van der Waals surface area (Å²) in [7, 11) is 0. The first-order chi connectivity index (χ1) is 6.42. The molecule has 0 saturated heterocycles. The summed E-state index contributed by atoms with van der Waals surface area (Å²) in [5.41, 5.74) is 3.83. The second kappa shape index (κ2) is 3.56. The van der Waals surface area contributed by atoms with Crippen molar-refractivity contribution in [2.75, 3.05) is 0 Å². The van der Waals surface area contributed by atoms with Crippen LogP contribution >= 0.6 is 0 Å². The van der Waals surface area contributed by atoms with Gasteiger partial charge in [-0.1, -0.05) is 24.3 Å². The van der Waals surface area contributed by atoms with Gasteiger partial charge in [-0.15, -0.1) is 0 Å². The number of aldehydes is 1. The maximum Gasteiger partial charge on any atom is 0.143 e. The van der Waals surface area contributed by atoms with Crippen molar-refractivity contribution in [2.45, 2.75) is 19.3 Å². The average molecular weight is 172 g/mol. The normalized spacial score (nSPS) is 18.3. The maximum atomic E-state index is 10.4. The summed E-state index contributed by atoms with van der Waals surface area (Å²) in [4.78, 5) is 10.4. The van der Waals surface area contributed by atoms with Gasteiger partial charge in [0.15, 0.2) is 0 Å². The van der Waals surface area contributed by atoms with Gasteiger partial charge in [-0.2, -0.15) is 0 Å². The Bertz CT molecular complexity index is 350. The molecule has 0 radical (unpaired) electrons. The minimum absolute atomic E-state index is 0.886. The third-order valence-electron chi connectivity index (χ3n) is 2.52. The van der Waals surface area contributed by atoms with Crippen molar-refractivity contribution in [3.63, 3.8) is 0 Å². The van der Waals surface area contributed by atoms with E-state index in [-0.39, 0.29) is 0 Å². The highest BCUT2D eigenvalue weighted by Gasteiger charge is 2.11. The molecule has 1 aromatic carbocycles. The summed E-state index contributed by atoms with van der Waals surface area (Å²) >= 11 is 0. The van der Waals surface area contributed by atoms with Crippen LogP contribution in [0.5, 0.6) is 0 Å². The third-order valence-corrected chi connectivity index (χ3v) is 2.52. The van der Waals surface area contributed by atoms with E-state index < -0.39 is 0 Å². The zero-order chi connectivity index (χ0) is 9.10. The van der Waals surface area contributed by atoms with E-state index in [9.17, 15) is 4.79 Å². The molecule has 0 spiro atoms. The van der Waals surface area contributed by atoms with E-state index in [0.29, 0.717) is 0 Å². The van der Waals surface area contributed by atoms with Crippen molar-refractivity contribution in [2.24, 2.45) is 0 Å². The Morgan fingerprint density at radius 2 is 2.00 bits per heavy atom. The Kier molecular flexibility index (Phi) is 2.26. The van der Waals surface area contributed by atoms with Crippen LogP contribution in [0.1, 0.15) is 24.0 Å². The zero-order valence-corrected chi connectivity index (χ0v) is 7.49. The lowest BCUT2D eigenvalue weighted by Gasteiger charge is -2.17. The van der Waals surface area contributed by atoms with Crippen molar-refractivity contribution in [3.8, 4) is 0 Å². The number of hydrogen-bond donors (Lipinski definition) is 0. The fourth-order valence-corrected chi connectivity index (χ4v) is 1.91. The Hall–Kier alpha value is -1.37. The maximum absolute atomic E-state index is 10.4. The molecule has 0 bridgehead atoms. The van der Waals surface area contributed by atoms with E-state index in [1.165, 1.54) is 16.7 Å². The van der Waals surface area contributed by atoms with Gasteiger partial charge in [0.2, 0.25) is 0 Å². The molecule has 13 heavy (non-hydrogen) atoms. The zero-order valence-electron chi connectivity index (χ0n) is 7.49. The standard InChI is InChI=1S/C12H12O/c13-9-8-11-6-3-5-10-4-1-2-7-12(10)11/h1-2,4,7-9H,3,5-6H2/b11-8+. The first-order valence-corrected chi connectivity index (χ1v) is 4.64. The molecule has 0 heterocycles. The van der Waals surface area contributed by atoms with E-state index in [4.69, 9.17) is 0 Å². The highest BCUT2D eigenvalue weighted by molar-refractivity contribution is 5.83. The third kappa shape index (κ3) is 1.55. The molecule has 1 aromatic rings. The van der Waals surface area contributed by atoms with Gasteiger partial charge in [0, 0.05) is 0 Å². The van der Waals surface area contributed by atoms with Gasteiger partial charge in [-0.3, -0.25) is 4.79 Å². The molecule has 0 atom stereocenters. The lowest BCUT2D eigenvalue weighted by atomic mass is 9.87. The quantitative estimate of drug-likeness (QED) is 0.470. The van der Waals surface area contributed by atoms with Crippen LogP contribution in [0.3, 0.4) is 0 Å². The molecule has 0 amide bonds. The number of benzene rings is 1. The molecule has 1 heteroatoms. The highest BCUT2D eigenvalue weighted by Crippen LogP contribution is 2.29. The Morgan fingerprint density at radius 3 is 2.85 bits per heavy atom. The molecular weight excluding hydrogens is 160 g/mol. The van der Waals surface area contributed by atoms with Gasteiger partial charge in [0.1, 0.15) is 6.29 Å². The van der Waals surface area contributed by atoms with Gasteiger partial charge in [0.25, 0.3) is 0 Å². The van der Waals surface area contributed by atoms with Crippen molar-refractivity contribution in [1.29, 1.82) is 0 Å². The van der Waals surface area contributed by atoms with Gasteiger partial charge in [-0.05, 0) is 42.0 Å². The minimum Gasteiger partial charge on any atom is -0.299 e. The Morgan fingerprint density at radius 1 is 1.15 bits per heavy atom. The van der Waals surface area contributed by atoms with Gasteiger partial charge in [-0.25, -0.2) is 0 Å². The van der Waals surface area contributed by atoms with Crippen molar-refractivity contribution in [1.82, 2.24) is 0 Å². The molecule has 0 aromatic heterocycles. The summed E-state index contributed by atoms with van der Waals surface area (Å²) < 4.78 is 0. The first-order valence-electron chi connectivity index (χ1n) is 4.64. The van der Waals surface area contributed by atoms with E-state index in [0.717, 1.165) is 25.5 Å². The van der Waals surface area contributed by atoms with E-state index in [1.54, 1.807) is 6.08 Å². The second-order valence-corrected chi connectivity index (χ2v) is 3.34. The number of allylic oxidation sites excluding steroid dienone is 2. The fourth-order valence-electron chi connectivity index (χ4n) is 1.91. The summed E-state index contributed by atoms with van der Waals surface area (Å²) in [6, 6.07) is 8.34. The molecule has 0 aliphatic heterocycles. The molecule has 0 saturated carbocycles. The van der Waals surface area contributed by atoms with Crippen LogP contribution in [-0.4, -0.2) is 6.29 Å². The summed E-state index contributed by atoms with van der Waals surface area (Å²) in [6.45, 7) is 0. The van der Waals surface area contributed by atoms with Crippen LogP contribution < -0.4 is 0 Å². The number of fused-ring (bicyclic) bond motifs is 1. The molecule has 1 nitrogen and oxygen atoms in total. The molecule has 0 N–H and O–H groups in total. The van der Waals surface area contributed by atoms with Gasteiger partial charge >= 0.3 is 0 Å². The summed E-state index contributed by atoms with van der Waals surface area (Å²) in [6.07, 6.45) is 5.92. The SMILES string of the molecule is O=C/C=C1\CCCc2ccccc21. The van der Waals surface area contributed by atoms with E-state index >= 15 is 0 Å². The lowest BCUT2D eigenvalue weighted by Crippen LogP contribution is -2.01. The van der Waals surface area contributed by atoms with Gasteiger partial charge < -0.3 is 0 Å². The molecule has 2 rings (SSSR count). The van der Waals surface area contributed by atoms with Crippen LogP contribution in [0.15, 0.2) is 30.3 Å². The predicted molar refractivity (Wildman–Crippen MR) is 53.4 cm³/mol. The molecular formula is C12H12O. The van der Waals surface area contributed by atoms with Crippen molar-refractivity contribution in [3.05, 3.63) is 41.5 Å². The van der Waals surface area contributed by atoms with E-state index in [2.05, 4.69) is 18.2 Å². The van der Waals surface area contributed by atoms with Crippen LogP contribution in [0.2, 0.25) is 0 Å². The smallest absolute Gasteiger partial charge is 0.143 e. The number of carbonyl (C=O) groups excluding carboxylic acids is 1. The Labute approximate surface area is 78.1 Å². The van der Waals surface area contributed by atoms with Crippen LogP contribution in [0.25, 0.3) is 5.57 Å². The monoisotopic (exact) mass is 172 g/mol. The van der Waals surface area contributed by atoms with Crippen molar-refractivity contribution >= 4 is 11.9 Å². The summed E-state index contributed by atoms with van der Waals surface area (Å²) in [5.74, 6) is 0. The Balaban J connectivity index is 2.48. The number of rotatable bonds is 1. The molecule has 66 valence electrons. The van der Waals surface area contributed by atoms with Crippen LogP contribution in [0, 0.1) is 0 Å². The number of carbonyl (C=O) groups is 1. The topological polar surface area (TPSA) is 17.1 Å². The first kappa shape index (κ1) is 8.24. The van der Waals surface area contributed by atoms with E-state index in [1.807, 2.05) is 6.07 Å². The fraction of sp³-hybridized carbons (Fsp3) is 0.250. The second-order valence-electron chi connectivity index (χ2n) is 3.34. The molecule has 1 aliphatic rings. The average Bonchev–Trinajstić information content (AvgIpc) is 2.19. The largest absolute Gasteiger partial charge is 0.299 e. The highest BCUT2D eigenvalue weighted by atomic mass is 16.1. The minimum atomic E-state index is 0.886.